The van der Waals surface area contributed by atoms with Crippen LogP contribution in [0.4, 0.5) is 0 Å². The molecule has 2 unspecified atom stereocenters. The zero-order valence-corrected chi connectivity index (χ0v) is 9.79. The third kappa shape index (κ3) is 6.98. The van der Waals surface area contributed by atoms with Gasteiger partial charge in [0.1, 0.15) is 0 Å². The fraction of sp³-hybridized carbons (Fsp3) is 0.818. The van der Waals surface area contributed by atoms with E-state index in [1.165, 1.54) is 6.42 Å². The zero-order chi connectivity index (χ0) is 10.1. The van der Waals surface area contributed by atoms with Crippen molar-refractivity contribution in [2.45, 2.75) is 33.2 Å². The van der Waals surface area contributed by atoms with Gasteiger partial charge in [-0.1, -0.05) is 26.2 Å². The van der Waals surface area contributed by atoms with Gasteiger partial charge in [-0.15, -0.1) is 18.2 Å². The molecule has 2 atom stereocenters. The van der Waals surface area contributed by atoms with Crippen molar-refractivity contribution in [1.82, 2.24) is 5.32 Å². The highest BCUT2D eigenvalue weighted by atomic mass is 32.2. The van der Waals surface area contributed by atoms with E-state index in [4.69, 9.17) is 6.42 Å². The molecule has 0 bridgehead atoms. The van der Waals surface area contributed by atoms with Crippen molar-refractivity contribution in [3.8, 4) is 12.3 Å². The van der Waals surface area contributed by atoms with Crippen LogP contribution in [0, 0.1) is 18.3 Å². The molecule has 1 nitrogen and oxygen atoms in total. The van der Waals surface area contributed by atoms with Crippen LogP contribution in [0.2, 0.25) is 0 Å². The Morgan fingerprint density at radius 3 is 2.69 bits per heavy atom. The maximum Gasteiger partial charge on any atom is 0.0545 e. The zero-order valence-electron chi connectivity index (χ0n) is 8.97. The molecule has 0 fully saturated rings. The second-order valence-electron chi connectivity index (χ2n) is 3.39. The van der Waals surface area contributed by atoms with E-state index in [1.807, 2.05) is 11.8 Å². The van der Waals surface area contributed by atoms with Gasteiger partial charge in [0.15, 0.2) is 0 Å². The van der Waals surface area contributed by atoms with Gasteiger partial charge in [-0.2, -0.15) is 0 Å². The quantitative estimate of drug-likeness (QED) is 0.499. The van der Waals surface area contributed by atoms with Crippen LogP contribution in [-0.4, -0.2) is 24.1 Å². The van der Waals surface area contributed by atoms with Crippen LogP contribution in [0.25, 0.3) is 0 Å². The van der Waals surface area contributed by atoms with Gasteiger partial charge in [-0.25, -0.2) is 0 Å². The van der Waals surface area contributed by atoms with Crippen molar-refractivity contribution in [3.63, 3.8) is 0 Å². The standard InChI is InChI=1S/C11H21NS/c1-5-8-13-9-7-12-11(4)10(3)6-2/h1,10-12H,6-9H2,2-4H3. The summed E-state index contributed by atoms with van der Waals surface area (Å²) < 4.78 is 0. The van der Waals surface area contributed by atoms with E-state index in [1.54, 1.807) is 0 Å². The van der Waals surface area contributed by atoms with Gasteiger partial charge in [0.25, 0.3) is 0 Å². The second kappa shape index (κ2) is 8.47. The van der Waals surface area contributed by atoms with Crippen LogP contribution in [0.5, 0.6) is 0 Å². The Morgan fingerprint density at radius 2 is 2.15 bits per heavy atom. The number of terminal acetylenes is 1. The Balaban J connectivity index is 3.27. The van der Waals surface area contributed by atoms with E-state index in [-0.39, 0.29) is 0 Å². The van der Waals surface area contributed by atoms with E-state index in [2.05, 4.69) is 32.0 Å². The third-order valence-corrected chi connectivity index (χ3v) is 3.26. The molecule has 0 radical (unpaired) electrons. The number of hydrogen-bond acceptors (Lipinski definition) is 2. The highest BCUT2D eigenvalue weighted by Crippen LogP contribution is 2.06. The molecule has 0 rings (SSSR count). The highest BCUT2D eigenvalue weighted by molar-refractivity contribution is 7.99. The first kappa shape index (κ1) is 12.9. The molecule has 1 N–H and O–H groups in total. The minimum absolute atomic E-state index is 0.622. The average Bonchev–Trinajstić information content (AvgIpc) is 2.16. The minimum Gasteiger partial charge on any atom is -0.313 e. The van der Waals surface area contributed by atoms with Crippen LogP contribution in [0.1, 0.15) is 27.2 Å². The van der Waals surface area contributed by atoms with E-state index in [0.29, 0.717) is 6.04 Å². The molecule has 0 aliphatic carbocycles. The summed E-state index contributed by atoms with van der Waals surface area (Å²) in [6, 6.07) is 0.622. The van der Waals surface area contributed by atoms with E-state index < -0.39 is 0 Å². The molecule has 0 heterocycles. The summed E-state index contributed by atoms with van der Waals surface area (Å²) >= 11 is 1.82. The molecule has 0 aliphatic heterocycles. The molecule has 76 valence electrons. The smallest absolute Gasteiger partial charge is 0.0545 e. The van der Waals surface area contributed by atoms with E-state index >= 15 is 0 Å². The molecule has 13 heavy (non-hydrogen) atoms. The lowest BCUT2D eigenvalue weighted by Gasteiger charge is -2.19. The van der Waals surface area contributed by atoms with Crippen molar-refractivity contribution in [2.75, 3.05) is 18.1 Å². The second-order valence-corrected chi connectivity index (χ2v) is 4.49. The molecular formula is C11H21NS. The first-order valence-electron chi connectivity index (χ1n) is 4.97. The number of thioether (sulfide) groups is 1. The largest absolute Gasteiger partial charge is 0.313 e. The summed E-state index contributed by atoms with van der Waals surface area (Å²) in [6.07, 6.45) is 6.39. The number of hydrogen-bond donors (Lipinski definition) is 1. The normalized spacial score (nSPS) is 14.9. The number of rotatable bonds is 7. The van der Waals surface area contributed by atoms with Crippen molar-refractivity contribution in [2.24, 2.45) is 5.92 Å². The molecule has 0 amide bonds. The third-order valence-electron chi connectivity index (χ3n) is 2.40. The lowest BCUT2D eigenvalue weighted by atomic mass is 10.0. The fourth-order valence-electron chi connectivity index (χ4n) is 1.04. The van der Waals surface area contributed by atoms with Gasteiger partial charge in [0, 0.05) is 18.3 Å². The summed E-state index contributed by atoms with van der Waals surface area (Å²) in [5, 5.41) is 3.50. The van der Waals surface area contributed by atoms with Crippen LogP contribution in [0.15, 0.2) is 0 Å². The van der Waals surface area contributed by atoms with Crippen molar-refractivity contribution < 1.29 is 0 Å². The van der Waals surface area contributed by atoms with Crippen LogP contribution < -0.4 is 5.32 Å². The Kier molecular flexibility index (Phi) is 8.38. The summed E-state index contributed by atoms with van der Waals surface area (Å²) in [4.78, 5) is 0. The molecule has 0 spiro atoms. The maximum atomic E-state index is 5.15. The van der Waals surface area contributed by atoms with Crippen molar-refractivity contribution >= 4 is 11.8 Å². The minimum atomic E-state index is 0.622. The summed E-state index contributed by atoms with van der Waals surface area (Å²) in [5.74, 6) is 5.34. The predicted molar refractivity (Wildman–Crippen MR) is 63.1 cm³/mol. The Bertz CT molecular complexity index is 151. The molecule has 0 aromatic rings. The molecule has 0 saturated carbocycles. The lowest BCUT2D eigenvalue weighted by molar-refractivity contribution is 0.399. The first-order valence-corrected chi connectivity index (χ1v) is 6.12. The van der Waals surface area contributed by atoms with Crippen molar-refractivity contribution in [3.05, 3.63) is 0 Å². The molecule has 0 aliphatic rings. The van der Waals surface area contributed by atoms with Gasteiger partial charge in [-0.05, 0) is 12.8 Å². The Labute approximate surface area is 87.1 Å². The average molecular weight is 199 g/mol. The molecule has 0 aromatic heterocycles. The topological polar surface area (TPSA) is 12.0 Å². The summed E-state index contributed by atoms with van der Waals surface area (Å²) in [7, 11) is 0. The van der Waals surface area contributed by atoms with Gasteiger partial charge in [0.05, 0.1) is 5.75 Å². The highest BCUT2D eigenvalue weighted by Gasteiger charge is 2.07. The SMILES string of the molecule is C#CCSCCNC(C)C(C)CC. The van der Waals surface area contributed by atoms with Crippen LogP contribution >= 0.6 is 11.8 Å². The summed E-state index contributed by atoms with van der Waals surface area (Å²) in [5.41, 5.74) is 0. The monoisotopic (exact) mass is 199 g/mol. The molecule has 0 saturated heterocycles. The van der Waals surface area contributed by atoms with Crippen LogP contribution in [0.3, 0.4) is 0 Å². The Morgan fingerprint density at radius 1 is 1.46 bits per heavy atom. The first-order chi connectivity index (χ1) is 6.22. The van der Waals surface area contributed by atoms with Crippen molar-refractivity contribution in [1.29, 1.82) is 0 Å². The summed E-state index contributed by atoms with van der Waals surface area (Å²) in [6.45, 7) is 7.83. The van der Waals surface area contributed by atoms with Crippen LogP contribution in [-0.2, 0) is 0 Å². The molecule has 2 heteroatoms. The maximum absolute atomic E-state index is 5.15. The van der Waals surface area contributed by atoms with Gasteiger partial charge < -0.3 is 5.32 Å². The van der Waals surface area contributed by atoms with Gasteiger partial charge >= 0.3 is 0 Å². The predicted octanol–water partition coefficient (Wildman–Crippen LogP) is 2.38. The van der Waals surface area contributed by atoms with E-state index in [0.717, 1.165) is 24.0 Å². The van der Waals surface area contributed by atoms with E-state index in [9.17, 15) is 0 Å². The Hall–Kier alpha value is -0.130. The lowest BCUT2D eigenvalue weighted by Crippen LogP contribution is -2.33. The van der Waals surface area contributed by atoms with Gasteiger partial charge in [-0.3, -0.25) is 0 Å². The molecule has 0 aromatic carbocycles. The fourth-order valence-corrected chi connectivity index (χ4v) is 1.57. The molecular weight excluding hydrogens is 178 g/mol. The number of nitrogens with one attached hydrogen (secondary N) is 1. The van der Waals surface area contributed by atoms with Gasteiger partial charge in [0.2, 0.25) is 0 Å².